The van der Waals surface area contributed by atoms with Crippen molar-refractivity contribution in [2.45, 2.75) is 39.2 Å². The second-order valence-corrected chi connectivity index (χ2v) is 5.31. The van der Waals surface area contributed by atoms with Crippen LogP contribution in [0, 0.1) is 0 Å². The Labute approximate surface area is 129 Å². The summed E-state index contributed by atoms with van der Waals surface area (Å²) < 4.78 is 5.78. The summed E-state index contributed by atoms with van der Waals surface area (Å²) in [6.45, 7) is 11.1. The zero-order valence-corrected chi connectivity index (χ0v) is 13.4. The van der Waals surface area contributed by atoms with Gasteiger partial charge in [0, 0.05) is 6.54 Å². The zero-order valence-electron chi connectivity index (χ0n) is 13.4. The van der Waals surface area contributed by atoms with Crippen molar-refractivity contribution in [3.05, 3.63) is 42.5 Å². The Morgan fingerprint density at radius 3 is 2.76 bits per heavy atom. The van der Waals surface area contributed by atoms with Gasteiger partial charge in [0.25, 0.3) is 0 Å². The van der Waals surface area contributed by atoms with E-state index in [0.717, 1.165) is 30.8 Å². The Hall–Kier alpha value is -1.32. The molecule has 0 aromatic heterocycles. The van der Waals surface area contributed by atoms with Crippen LogP contribution in [0.3, 0.4) is 0 Å². The van der Waals surface area contributed by atoms with Crippen LogP contribution in [0.4, 0.5) is 0 Å². The van der Waals surface area contributed by atoms with E-state index in [4.69, 9.17) is 4.74 Å². The molecule has 0 bridgehead atoms. The molecule has 1 aromatic carbocycles. The number of hydrogen-bond acceptors (Lipinski definition) is 3. The Kier molecular flexibility index (Phi) is 8.79. The zero-order chi connectivity index (χ0) is 15.5. The summed E-state index contributed by atoms with van der Waals surface area (Å²) in [4.78, 5) is 2.27. The number of unbranched alkanes of at least 4 members (excludes halogenated alkanes) is 1. The molecule has 0 fully saturated rings. The van der Waals surface area contributed by atoms with Crippen LogP contribution >= 0.6 is 0 Å². The molecular formula is C18H29NO2. The van der Waals surface area contributed by atoms with Gasteiger partial charge in [-0.25, -0.2) is 0 Å². The lowest BCUT2D eigenvalue weighted by Crippen LogP contribution is -2.36. The van der Waals surface area contributed by atoms with E-state index in [-0.39, 0.29) is 0 Å². The molecule has 1 N–H and O–H groups in total. The van der Waals surface area contributed by atoms with Gasteiger partial charge in [0.05, 0.1) is 0 Å². The highest BCUT2D eigenvalue weighted by Gasteiger charge is 2.11. The molecular weight excluding hydrogens is 262 g/mol. The summed E-state index contributed by atoms with van der Waals surface area (Å²) in [5.74, 6) is 0.841. The third kappa shape index (κ3) is 6.78. The van der Waals surface area contributed by atoms with Crippen LogP contribution in [0.2, 0.25) is 0 Å². The molecule has 0 radical (unpaired) electrons. The molecule has 1 rings (SSSR count). The van der Waals surface area contributed by atoms with Gasteiger partial charge in [0.15, 0.2) is 0 Å². The first-order valence-electron chi connectivity index (χ1n) is 7.93. The molecule has 1 unspecified atom stereocenters. The minimum atomic E-state index is -0.460. The van der Waals surface area contributed by atoms with E-state index in [0.29, 0.717) is 13.2 Å². The number of allylic oxidation sites excluding steroid dienone is 1. The molecule has 0 aliphatic rings. The molecule has 1 aromatic rings. The first-order valence-corrected chi connectivity index (χ1v) is 7.93. The number of aliphatic hydroxyl groups excluding tert-OH is 1. The molecule has 1 atom stereocenters. The topological polar surface area (TPSA) is 32.7 Å². The van der Waals surface area contributed by atoms with E-state index in [1.807, 2.05) is 30.3 Å². The fraction of sp³-hybridized carbons (Fsp3) is 0.556. The maximum Gasteiger partial charge on any atom is 0.122 e. The third-order valence-electron chi connectivity index (χ3n) is 3.51. The van der Waals surface area contributed by atoms with Crippen LogP contribution in [0.5, 0.6) is 5.75 Å². The normalized spacial score (nSPS) is 12.4. The summed E-state index contributed by atoms with van der Waals surface area (Å²) in [6, 6.07) is 7.92. The summed E-state index contributed by atoms with van der Waals surface area (Å²) >= 11 is 0. The minimum Gasteiger partial charge on any atom is -0.491 e. The maximum atomic E-state index is 10.1. The van der Waals surface area contributed by atoms with Crippen LogP contribution in [-0.2, 0) is 6.42 Å². The molecule has 118 valence electrons. The van der Waals surface area contributed by atoms with Gasteiger partial charge in [-0.3, -0.25) is 0 Å². The number of rotatable bonds is 11. The quantitative estimate of drug-likeness (QED) is 0.635. The molecule has 0 amide bonds. The number of hydrogen-bond donors (Lipinski definition) is 1. The molecule has 0 heterocycles. The lowest BCUT2D eigenvalue weighted by Gasteiger charge is -2.23. The lowest BCUT2D eigenvalue weighted by molar-refractivity contribution is 0.0691. The van der Waals surface area contributed by atoms with Crippen molar-refractivity contribution in [2.75, 3.05) is 26.2 Å². The van der Waals surface area contributed by atoms with Crippen molar-refractivity contribution >= 4 is 0 Å². The van der Waals surface area contributed by atoms with Gasteiger partial charge in [-0.15, -0.1) is 6.58 Å². The van der Waals surface area contributed by atoms with Crippen molar-refractivity contribution in [3.8, 4) is 5.75 Å². The Bertz CT molecular complexity index is 406. The van der Waals surface area contributed by atoms with Gasteiger partial charge in [0.2, 0.25) is 0 Å². The van der Waals surface area contributed by atoms with Crippen LogP contribution in [0.1, 0.15) is 32.3 Å². The Balaban J connectivity index is 2.44. The Morgan fingerprint density at radius 2 is 2.10 bits per heavy atom. The van der Waals surface area contributed by atoms with Crippen molar-refractivity contribution in [1.82, 2.24) is 4.90 Å². The number of para-hydroxylation sites is 1. The van der Waals surface area contributed by atoms with E-state index in [1.165, 1.54) is 12.8 Å². The predicted octanol–water partition coefficient (Wildman–Crippen LogP) is 3.28. The number of ether oxygens (including phenoxy) is 1. The molecule has 3 nitrogen and oxygen atoms in total. The molecule has 0 saturated heterocycles. The average Bonchev–Trinajstić information content (AvgIpc) is 2.50. The molecule has 0 saturated carbocycles. The second kappa shape index (κ2) is 10.4. The average molecular weight is 291 g/mol. The summed E-state index contributed by atoms with van der Waals surface area (Å²) in [6.07, 6.45) is 4.53. The van der Waals surface area contributed by atoms with Crippen molar-refractivity contribution in [3.63, 3.8) is 0 Å². The first-order chi connectivity index (χ1) is 10.2. The number of nitrogens with zero attached hydrogens (tertiary/aromatic N) is 1. The molecule has 0 aliphatic carbocycles. The number of benzene rings is 1. The smallest absolute Gasteiger partial charge is 0.122 e. The maximum absolute atomic E-state index is 10.1. The van der Waals surface area contributed by atoms with Gasteiger partial charge in [0.1, 0.15) is 18.5 Å². The van der Waals surface area contributed by atoms with Crippen LogP contribution < -0.4 is 4.74 Å². The first kappa shape index (κ1) is 17.7. The standard InChI is InChI=1S/C18H29NO2/c1-4-7-13-19(6-3)14-17(20)15-21-18-12-9-8-11-16(18)10-5-2/h5,8-9,11-12,17,20H,2,4,6-7,10,13-15H2,1,3H3. The van der Waals surface area contributed by atoms with Gasteiger partial charge >= 0.3 is 0 Å². The van der Waals surface area contributed by atoms with E-state index >= 15 is 0 Å². The summed E-state index contributed by atoms with van der Waals surface area (Å²) in [5, 5.41) is 10.1. The van der Waals surface area contributed by atoms with Crippen molar-refractivity contribution in [2.24, 2.45) is 0 Å². The van der Waals surface area contributed by atoms with Crippen molar-refractivity contribution < 1.29 is 9.84 Å². The van der Waals surface area contributed by atoms with E-state index in [9.17, 15) is 5.11 Å². The fourth-order valence-electron chi connectivity index (χ4n) is 2.27. The summed E-state index contributed by atoms with van der Waals surface area (Å²) in [7, 11) is 0. The number of likely N-dealkylation sites (N-methyl/N-ethyl adjacent to an activating group) is 1. The van der Waals surface area contributed by atoms with Gasteiger partial charge in [-0.2, -0.15) is 0 Å². The van der Waals surface area contributed by atoms with Crippen LogP contribution in [0.25, 0.3) is 0 Å². The largest absolute Gasteiger partial charge is 0.491 e. The van der Waals surface area contributed by atoms with Crippen LogP contribution in [-0.4, -0.2) is 42.4 Å². The van der Waals surface area contributed by atoms with E-state index in [1.54, 1.807) is 0 Å². The highest BCUT2D eigenvalue weighted by Crippen LogP contribution is 2.19. The van der Waals surface area contributed by atoms with Gasteiger partial charge in [-0.05, 0) is 37.6 Å². The molecule has 3 heteroatoms. The highest BCUT2D eigenvalue weighted by molar-refractivity contribution is 5.34. The SMILES string of the molecule is C=CCc1ccccc1OCC(O)CN(CC)CCCC. The molecule has 21 heavy (non-hydrogen) atoms. The summed E-state index contributed by atoms with van der Waals surface area (Å²) in [5.41, 5.74) is 1.11. The predicted molar refractivity (Wildman–Crippen MR) is 88.9 cm³/mol. The van der Waals surface area contributed by atoms with Gasteiger partial charge < -0.3 is 14.7 Å². The highest BCUT2D eigenvalue weighted by atomic mass is 16.5. The monoisotopic (exact) mass is 291 g/mol. The Morgan fingerprint density at radius 1 is 1.33 bits per heavy atom. The molecule has 0 spiro atoms. The second-order valence-electron chi connectivity index (χ2n) is 5.31. The van der Waals surface area contributed by atoms with Gasteiger partial charge in [-0.1, -0.05) is 44.5 Å². The third-order valence-corrected chi connectivity index (χ3v) is 3.51. The molecule has 0 aliphatic heterocycles. The lowest BCUT2D eigenvalue weighted by atomic mass is 10.1. The van der Waals surface area contributed by atoms with E-state index < -0.39 is 6.10 Å². The minimum absolute atomic E-state index is 0.330. The van der Waals surface area contributed by atoms with Crippen molar-refractivity contribution in [1.29, 1.82) is 0 Å². The number of aliphatic hydroxyl groups is 1. The fourth-order valence-corrected chi connectivity index (χ4v) is 2.27. The van der Waals surface area contributed by atoms with Crippen LogP contribution in [0.15, 0.2) is 36.9 Å². The van der Waals surface area contributed by atoms with E-state index in [2.05, 4.69) is 25.3 Å².